The Kier molecular flexibility index (Phi) is 6.62. The molecule has 1 N–H and O–H groups in total. The van der Waals surface area contributed by atoms with E-state index in [0.29, 0.717) is 18.6 Å². The number of hydrogen-bond donors (Lipinski definition) is 1. The fraction of sp³-hybridized carbons (Fsp3) is 0.938. The molecule has 6 nitrogen and oxygen atoms in total. The summed E-state index contributed by atoms with van der Waals surface area (Å²) in [5.41, 5.74) is 0. The molecule has 2 saturated heterocycles. The fourth-order valence-electron chi connectivity index (χ4n) is 3.57. The van der Waals surface area contributed by atoms with Crippen LogP contribution in [0.5, 0.6) is 0 Å². The standard InChI is InChI=1S/C16H32N4O2/c1-14-11-18(5-4-10-21)12-15(2)20(14)13-16(22)19-8-6-17(3)7-9-19/h14-15,21H,4-13H2,1-3H3. The average Bonchev–Trinajstić information content (AvgIpc) is 2.49. The third kappa shape index (κ3) is 4.65. The van der Waals surface area contributed by atoms with Crippen LogP contribution in [0.4, 0.5) is 0 Å². The Labute approximate surface area is 134 Å². The predicted octanol–water partition coefficient (Wildman–Crippen LogP) is -0.463. The molecule has 2 aliphatic rings. The highest BCUT2D eigenvalue weighted by atomic mass is 16.3. The summed E-state index contributed by atoms with van der Waals surface area (Å²) in [4.78, 5) is 21.6. The molecular formula is C16H32N4O2. The molecule has 2 heterocycles. The van der Waals surface area contributed by atoms with E-state index in [9.17, 15) is 4.79 Å². The Morgan fingerprint density at radius 3 is 2.23 bits per heavy atom. The summed E-state index contributed by atoms with van der Waals surface area (Å²) in [5.74, 6) is 0.274. The smallest absolute Gasteiger partial charge is 0.236 e. The molecule has 2 atom stereocenters. The quantitative estimate of drug-likeness (QED) is 0.744. The van der Waals surface area contributed by atoms with Crippen LogP contribution in [0.15, 0.2) is 0 Å². The monoisotopic (exact) mass is 312 g/mol. The number of aliphatic hydroxyl groups excluding tert-OH is 1. The SMILES string of the molecule is CC1CN(CCCO)CC(C)N1CC(=O)N1CCN(C)CC1. The molecule has 0 aliphatic carbocycles. The van der Waals surface area contributed by atoms with Crippen LogP contribution in [0, 0.1) is 0 Å². The van der Waals surface area contributed by atoms with Crippen molar-refractivity contribution in [3.05, 3.63) is 0 Å². The first-order valence-electron chi connectivity index (χ1n) is 8.56. The first kappa shape index (κ1) is 17.7. The fourth-order valence-corrected chi connectivity index (χ4v) is 3.57. The van der Waals surface area contributed by atoms with Crippen LogP contribution in [0.2, 0.25) is 0 Å². The second kappa shape index (κ2) is 8.24. The van der Waals surface area contributed by atoms with E-state index < -0.39 is 0 Å². The van der Waals surface area contributed by atoms with Gasteiger partial charge < -0.3 is 19.8 Å². The third-order valence-corrected chi connectivity index (χ3v) is 4.98. The van der Waals surface area contributed by atoms with Crippen molar-refractivity contribution in [3.63, 3.8) is 0 Å². The van der Waals surface area contributed by atoms with Crippen molar-refractivity contribution in [1.82, 2.24) is 19.6 Å². The lowest BCUT2D eigenvalue weighted by Gasteiger charge is -2.45. The van der Waals surface area contributed by atoms with Gasteiger partial charge >= 0.3 is 0 Å². The molecule has 0 aromatic carbocycles. The summed E-state index contributed by atoms with van der Waals surface area (Å²) < 4.78 is 0. The minimum Gasteiger partial charge on any atom is -0.396 e. The Balaban J connectivity index is 1.83. The van der Waals surface area contributed by atoms with Crippen molar-refractivity contribution in [3.8, 4) is 0 Å². The van der Waals surface area contributed by atoms with Gasteiger partial charge in [0.1, 0.15) is 0 Å². The molecule has 0 bridgehead atoms. The summed E-state index contributed by atoms with van der Waals surface area (Å²) in [6, 6.07) is 0.776. The van der Waals surface area contributed by atoms with Crippen LogP contribution in [-0.2, 0) is 4.79 Å². The highest BCUT2D eigenvalue weighted by molar-refractivity contribution is 5.78. The van der Waals surface area contributed by atoms with Gasteiger partial charge in [0.25, 0.3) is 0 Å². The number of aliphatic hydroxyl groups is 1. The molecule has 1 amide bonds. The molecule has 0 aromatic rings. The predicted molar refractivity (Wildman–Crippen MR) is 87.8 cm³/mol. The lowest BCUT2D eigenvalue weighted by atomic mass is 10.1. The van der Waals surface area contributed by atoms with Crippen molar-refractivity contribution >= 4 is 5.91 Å². The minimum atomic E-state index is 0.255. The maximum absolute atomic E-state index is 12.5. The van der Waals surface area contributed by atoms with Gasteiger partial charge in [-0.25, -0.2) is 0 Å². The minimum absolute atomic E-state index is 0.255. The zero-order chi connectivity index (χ0) is 16.1. The summed E-state index contributed by atoms with van der Waals surface area (Å²) in [5, 5.41) is 8.97. The van der Waals surface area contributed by atoms with Crippen molar-refractivity contribution in [2.24, 2.45) is 0 Å². The first-order chi connectivity index (χ1) is 10.5. The normalized spacial score (nSPS) is 29.0. The van der Waals surface area contributed by atoms with E-state index in [1.807, 2.05) is 4.90 Å². The van der Waals surface area contributed by atoms with Crippen molar-refractivity contribution in [2.45, 2.75) is 32.4 Å². The first-order valence-corrected chi connectivity index (χ1v) is 8.56. The van der Waals surface area contributed by atoms with Gasteiger partial charge in [0.2, 0.25) is 5.91 Å². The lowest BCUT2D eigenvalue weighted by Crippen LogP contribution is -2.59. The number of carbonyl (C=O) groups is 1. The van der Waals surface area contributed by atoms with Gasteiger partial charge in [-0.15, -0.1) is 0 Å². The van der Waals surface area contributed by atoms with Crippen molar-refractivity contribution in [1.29, 1.82) is 0 Å². The van der Waals surface area contributed by atoms with E-state index in [-0.39, 0.29) is 12.5 Å². The number of amides is 1. The number of hydrogen-bond acceptors (Lipinski definition) is 5. The van der Waals surface area contributed by atoms with E-state index in [4.69, 9.17) is 5.11 Å². The number of piperazine rings is 2. The Morgan fingerprint density at radius 1 is 1.09 bits per heavy atom. The highest BCUT2D eigenvalue weighted by Gasteiger charge is 2.31. The van der Waals surface area contributed by atoms with Crippen LogP contribution in [0.25, 0.3) is 0 Å². The molecule has 22 heavy (non-hydrogen) atoms. The molecule has 6 heteroatoms. The van der Waals surface area contributed by atoms with Gasteiger partial charge in [0, 0.05) is 64.5 Å². The van der Waals surface area contributed by atoms with Crippen LogP contribution in [0.1, 0.15) is 20.3 Å². The van der Waals surface area contributed by atoms with E-state index in [1.54, 1.807) is 0 Å². The van der Waals surface area contributed by atoms with E-state index >= 15 is 0 Å². The third-order valence-electron chi connectivity index (χ3n) is 4.98. The Bertz CT molecular complexity index is 346. The second-order valence-electron chi connectivity index (χ2n) is 6.89. The molecule has 0 aromatic heterocycles. The van der Waals surface area contributed by atoms with Gasteiger partial charge in [0.05, 0.1) is 6.54 Å². The molecular weight excluding hydrogens is 280 g/mol. The van der Waals surface area contributed by atoms with Gasteiger partial charge in [0.15, 0.2) is 0 Å². The maximum atomic E-state index is 12.5. The zero-order valence-corrected chi connectivity index (χ0v) is 14.4. The topological polar surface area (TPSA) is 50.3 Å². The molecule has 0 spiro atoms. The van der Waals surface area contributed by atoms with Gasteiger partial charge in [-0.3, -0.25) is 9.69 Å². The van der Waals surface area contributed by atoms with Gasteiger partial charge in [-0.1, -0.05) is 0 Å². The average molecular weight is 312 g/mol. The highest BCUT2D eigenvalue weighted by Crippen LogP contribution is 2.16. The molecule has 2 aliphatic heterocycles. The number of rotatable bonds is 5. The van der Waals surface area contributed by atoms with Crippen LogP contribution in [0.3, 0.4) is 0 Å². The molecule has 128 valence electrons. The number of nitrogens with zero attached hydrogens (tertiary/aromatic N) is 4. The second-order valence-corrected chi connectivity index (χ2v) is 6.89. The molecule has 2 fully saturated rings. The van der Waals surface area contributed by atoms with Crippen LogP contribution >= 0.6 is 0 Å². The summed E-state index contributed by atoms with van der Waals surface area (Å²) in [6.07, 6.45) is 0.833. The van der Waals surface area contributed by atoms with E-state index in [2.05, 4.69) is 35.6 Å². The van der Waals surface area contributed by atoms with E-state index in [0.717, 1.165) is 52.2 Å². The molecule has 0 saturated carbocycles. The Hall–Kier alpha value is -0.690. The number of likely N-dealkylation sites (N-methyl/N-ethyl adjacent to an activating group) is 1. The van der Waals surface area contributed by atoms with E-state index in [1.165, 1.54) is 0 Å². The number of carbonyl (C=O) groups excluding carboxylic acids is 1. The van der Waals surface area contributed by atoms with Gasteiger partial charge in [-0.2, -0.15) is 0 Å². The molecule has 2 unspecified atom stereocenters. The van der Waals surface area contributed by atoms with Crippen molar-refractivity contribution < 1.29 is 9.90 Å². The maximum Gasteiger partial charge on any atom is 0.236 e. The van der Waals surface area contributed by atoms with Crippen LogP contribution in [-0.4, -0.2) is 109 Å². The summed E-state index contributed by atoms with van der Waals surface area (Å²) >= 11 is 0. The summed E-state index contributed by atoms with van der Waals surface area (Å²) in [7, 11) is 2.11. The van der Waals surface area contributed by atoms with Crippen LogP contribution < -0.4 is 0 Å². The van der Waals surface area contributed by atoms with Gasteiger partial charge in [-0.05, 0) is 27.3 Å². The molecule has 2 rings (SSSR count). The largest absolute Gasteiger partial charge is 0.396 e. The van der Waals surface area contributed by atoms with Crippen molar-refractivity contribution in [2.75, 3.05) is 66.0 Å². The Morgan fingerprint density at radius 2 is 1.68 bits per heavy atom. The molecule has 0 radical (unpaired) electrons. The lowest BCUT2D eigenvalue weighted by molar-refractivity contribution is -0.136. The zero-order valence-electron chi connectivity index (χ0n) is 14.4. The summed E-state index contributed by atoms with van der Waals surface area (Å²) in [6.45, 7) is 11.8.